The van der Waals surface area contributed by atoms with Crippen LogP contribution in [-0.4, -0.2) is 27.0 Å². The molecule has 0 heterocycles. The van der Waals surface area contributed by atoms with Gasteiger partial charge in [0.05, 0.1) is 6.10 Å². The third-order valence-electron chi connectivity index (χ3n) is 3.99. The highest BCUT2D eigenvalue weighted by Gasteiger charge is 2.21. The van der Waals surface area contributed by atoms with E-state index in [0.29, 0.717) is 19.3 Å². The number of carboxylic acids is 1. The molecule has 0 rings (SSSR count). The van der Waals surface area contributed by atoms with Gasteiger partial charge in [-0.2, -0.15) is 0 Å². The number of aliphatic carboxylic acids is 1. The molecule has 0 aromatic rings. The van der Waals surface area contributed by atoms with Gasteiger partial charge in [0, 0.05) is 6.42 Å². The Morgan fingerprint density at radius 3 is 2.12 bits per heavy atom. The average molecular weight is 378 g/mol. The van der Waals surface area contributed by atoms with Crippen molar-refractivity contribution in [2.75, 3.05) is 0 Å². The number of carboxylic acid groups (broad SMARTS) is 1. The molecule has 0 radical (unpaired) electrons. The first-order valence-electron chi connectivity index (χ1n) is 9.46. The van der Waals surface area contributed by atoms with E-state index in [1.807, 2.05) is 0 Å². The molecule has 0 bridgehead atoms. The number of hydrogen-bond acceptors (Lipinski definition) is 3. The van der Waals surface area contributed by atoms with Crippen molar-refractivity contribution >= 4 is 13.8 Å². The van der Waals surface area contributed by atoms with Gasteiger partial charge < -0.3 is 14.9 Å². The molecule has 0 saturated heterocycles. The SMILES string of the molecule is CCCCCCCC/C=C\CCCC(CCCC(=O)O)OP(=O)(O)O. The third kappa shape index (κ3) is 19.5. The van der Waals surface area contributed by atoms with Gasteiger partial charge in [-0.1, -0.05) is 51.2 Å². The molecule has 0 aromatic heterocycles. The minimum absolute atomic E-state index is 0.0147. The zero-order valence-electron chi connectivity index (χ0n) is 15.4. The Bertz CT molecular complexity index is 404. The summed E-state index contributed by atoms with van der Waals surface area (Å²) in [6.45, 7) is 2.21. The fourth-order valence-electron chi connectivity index (χ4n) is 2.67. The van der Waals surface area contributed by atoms with Crippen LogP contribution < -0.4 is 0 Å². The lowest BCUT2D eigenvalue weighted by atomic mass is 10.1. The van der Waals surface area contributed by atoms with Crippen LogP contribution in [0, 0.1) is 0 Å². The van der Waals surface area contributed by atoms with Crippen molar-refractivity contribution in [2.24, 2.45) is 0 Å². The molecule has 1 unspecified atom stereocenters. The number of phosphoric ester groups is 1. The van der Waals surface area contributed by atoms with Crippen molar-refractivity contribution in [1.29, 1.82) is 0 Å². The molecule has 0 aromatic carbocycles. The largest absolute Gasteiger partial charge is 0.481 e. The van der Waals surface area contributed by atoms with E-state index in [1.165, 1.54) is 38.5 Å². The van der Waals surface area contributed by atoms with E-state index < -0.39 is 19.9 Å². The Balaban J connectivity index is 3.83. The molecule has 6 nitrogen and oxygen atoms in total. The Labute approximate surface area is 151 Å². The highest BCUT2D eigenvalue weighted by atomic mass is 31.2. The fraction of sp³-hybridized carbons (Fsp3) is 0.833. The number of allylic oxidation sites excluding steroid dienone is 2. The highest BCUT2D eigenvalue weighted by molar-refractivity contribution is 7.46. The smallest absolute Gasteiger partial charge is 0.469 e. The van der Waals surface area contributed by atoms with Crippen LogP contribution in [0.4, 0.5) is 0 Å². The van der Waals surface area contributed by atoms with E-state index in [0.717, 1.165) is 19.3 Å². The van der Waals surface area contributed by atoms with Crippen LogP contribution >= 0.6 is 7.82 Å². The van der Waals surface area contributed by atoms with Gasteiger partial charge in [-0.15, -0.1) is 0 Å². The summed E-state index contributed by atoms with van der Waals surface area (Å²) >= 11 is 0. The maximum absolute atomic E-state index is 11.0. The minimum atomic E-state index is -4.53. The van der Waals surface area contributed by atoms with Gasteiger partial charge in [0.15, 0.2) is 0 Å². The van der Waals surface area contributed by atoms with E-state index >= 15 is 0 Å². The third-order valence-corrected chi connectivity index (χ3v) is 4.56. The van der Waals surface area contributed by atoms with Gasteiger partial charge in [0.2, 0.25) is 0 Å². The summed E-state index contributed by atoms with van der Waals surface area (Å²) < 4.78 is 15.7. The molecular weight excluding hydrogens is 343 g/mol. The first-order chi connectivity index (χ1) is 11.8. The molecular formula is C18H35O6P. The Kier molecular flexibility index (Phi) is 15.1. The van der Waals surface area contributed by atoms with E-state index in [2.05, 4.69) is 19.1 Å². The Morgan fingerprint density at radius 2 is 1.52 bits per heavy atom. The molecule has 0 aliphatic carbocycles. The van der Waals surface area contributed by atoms with Gasteiger partial charge in [-0.25, -0.2) is 4.57 Å². The second kappa shape index (κ2) is 15.6. The Hall–Kier alpha value is -0.680. The van der Waals surface area contributed by atoms with Crippen molar-refractivity contribution in [2.45, 2.75) is 96.5 Å². The van der Waals surface area contributed by atoms with Crippen molar-refractivity contribution in [3.05, 3.63) is 12.2 Å². The lowest BCUT2D eigenvalue weighted by Gasteiger charge is -2.17. The topological polar surface area (TPSA) is 104 Å². The molecule has 7 heteroatoms. The van der Waals surface area contributed by atoms with Crippen LogP contribution in [0.2, 0.25) is 0 Å². The number of unbranched alkanes of at least 4 members (excludes halogenated alkanes) is 7. The summed E-state index contributed by atoms with van der Waals surface area (Å²) in [5, 5.41) is 8.63. The lowest BCUT2D eigenvalue weighted by molar-refractivity contribution is -0.137. The summed E-state index contributed by atoms with van der Waals surface area (Å²) in [4.78, 5) is 28.4. The molecule has 3 N–H and O–H groups in total. The van der Waals surface area contributed by atoms with E-state index in [9.17, 15) is 9.36 Å². The molecule has 148 valence electrons. The first kappa shape index (κ1) is 24.3. The summed E-state index contributed by atoms with van der Waals surface area (Å²) in [5.41, 5.74) is 0. The number of hydrogen-bond donors (Lipinski definition) is 3. The minimum Gasteiger partial charge on any atom is -0.481 e. The lowest BCUT2D eigenvalue weighted by Crippen LogP contribution is -2.12. The van der Waals surface area contributed by atoms with Crippen LogP contribution in [0.3, 0.4) is 0 Å². The van der Waals surface area contributed by atoms with Gasteiger partial charge in [-0.3, -0.25) is 9.32 Å². The van der Waals surface area contributed by atoms with E-state index in [4.69, 9.17) is 19.4 Å². The average Bonchev–Trinajstić information content (AvgIpc) is 2.50. The summed E-state index contributed by atoms with van der Waals surface area (Å²) in [5.74, 6) is -0.910. The van der Waals surface area contributed by atoms with Gasteiger partial charge in [0.25, 0.3) is 0 Å². The summed E-state index contributed by atoms with van der Waals surface area (Å²) in [7, 11) is -4.53. The van der Waals surface area contributed by atoms with Crippen LogP contribution in [0.15, 0.2) is 12.2 Å². The number of rotatable bonds is 17. The van der Waals surface area contributed by atoms with Gasteiger partial charge >= 0.3 is 13.8 Å². The number of carbonyl (C=O) groups is 1. The number of phosphoric acid groups is 1. The van der Waals surface area contributed by atoms with E-state index in [1.54, 1.807) is 0 Å². The summed E-state index contributed by atoms with van der Waals surface area (Å²) in [6.07, 6.45) is 15.3. The second-order valence-corrected chi connectivity index (χ2v) is 7.65. The van der Waals surface area contributed by atoms with Crippen LogP contribution in [-0.2, 0) is 13.9 Å². The van der Waals surface area contributed by atoms with E-state index in [-0.39, 0.29) is 6.42 Å². The standard InChI is InChI=1S/C18H35O6P/c1-2-3-4-5-6-7-8-9-10-11-12-14-17(24-25(21,22)23)15-13-16-18(19)20/h9-10,17H,2-8,11-16H2,1H3,(H,19,20)(H2,21,22,23)/b10-9-. The normalized spacial score (nSPS) is 13.4. The maximum atomic E-state index is 11.0. The van der Waals surface area contributed by atoms with Crippen LogP contribution in [0.25, 0.3) is 0 Å². The van der Waals surface area contributed by atoms with Gasteiger partial charge in [-0.05, 0) is 44.9 Å². The second-order valence-electron chi connectivity index (χ2n) is 6.46. The van der Waals surface area contributed by atoms with Crippen molar-refractivity contribution in [1.82, 2.24) is 0 Å². The monoisotopic (exact) mass is 378 g/mol. The predicted octanol–water partition coefficient (Wildman–Crippen LogP) is 5.20. The first-order valence-corrected chi connectivity index (χ1v) is 11.0. The molecule has 0 aliphatic heterocycles. The predicted molar refractivity (Wildman–Crippen MR) is 99.4 cm³/mol. The fourth-order valence-corrected chi connectivity index (χ4v) is 3.27. The van der Waals surface area contributed by atoms with Crippen LogP contribution in [0.5, 0.6) is 0 Å². The molecule has 0 spiro atoms. The quantitative estimate of drug-likeness (QED) is 0.183. The molecule has 0 fully saturated rings. The maximum Gasteiger partial charge on any atom is 0.469 e. The molecule has 1 atom stereocenters. The Morgan fingerprint density at radius 1 is 0.960 bits per heavy atom. The van der Waals surface area contributed by atoms with Crippen molar-refractivity contribution in [3.8, 4) is 0 Å². The summed E-state index contributed by atoms with van der Waals surface area (Å²) in [6, 6.07) is 0. The van der Waals surface area contributed by atoms with Crippen LogP contribution in [0.1, 0.15) is 90.4 Å². The zero-order chi connectivity index (χ0) is 19.0. The highest BCUT2D eigenvalue weighted by Crippen LogP contribution is 2.39. The molecule has 25 heavy (non-hydrogen) atoms. The molecule has 0 saturated carbocycles. The molecule has 0 aliphatic rings. The molecule has 0 amide bonds. The van der Waals surface area contributed by atoms with Crippen molar-refractivity contribution in [3.63, 3.8) is 0 Å². The van der Waals surface area contributed by atoms with Crippen molar-refractivity contribution < 1.29 is 28.8 Å². The zero-order valence-corrected chi connectivity index (χ0v) is 16.3. The van der Waals surface area contributed by atoms with Gasteiger partial charge in [0.1, 0.15) is 0 Å².